The van der Waals surface area contributed by atoms with Gasteiger partial charge >= 0.3 is 0 Å². The standard InChI is InChI=1S/C34H50N4O4/c1-3-5-11-21-31(39)35-27-17-15-19-29(25-27)37-33(41)23-13-9-7-8-10-14-24-34(42)38-30-20-16-18-28(26-30)36-32(40)22-12-6-4-2/h15-20,25-26H,3-14,21-24H2,1-2H3,(H,35,39)(H,36,40)(H,37,41)(H,38,42). The van der Waals surface area contributed by atoms with E-state index in [1.165, 1.54) is 0 Å². The van der Waals surface area contributed by atoms with Gasteiger partial charge in [-0.2, -0.15) is 0 Å². The van der Waals surface area contributed by atoms with E-state index < -0.39 is 0 Å². The second kappa shape index (κ2) is 21.1. The summed E-state index contributed by atoms with van der Waals surface area (Å²) in [5.74, 6) is -0.0636. The third-order valence-corrected chi connectivity index (χ3v) is 6.93. The van der Waals surface area contributed by atoms with Gasteiger partial charge in [0, 0.05) is 48.4 Å². The molecule has 8 nitrogen and oxygen atoms in total. The van der Waals surface area contributed by atoms with Gasteiger partial charge in [-0.25, -0.2) is 0 Å². The topological polar surface area (TPSA) is 116 Å². The van der Waals surface area contributed by atoms with Crippen molar-refractivity contribution in [1.82, 2.24) is 0 Å². The Balaban J connectivity index is 1.54. The molecule has 0 aliphatic carbocycles. The number of amides is 4. The Kier molecular flexibility index (Phi) is 17.3. The minimum atomic E-state index is -0.0294. The summed E-state index contributed by atoms with van der Waals surface area (Å²) in [4.78, 5) is 48.8. The van der Waals surface area contributed by atoms with Crippen LogP contribution in [0.4, 0.5) is 22.7 Å². The normalized spacial score (nSPS) is 10.6. The summed E-state index contributed by atoms with van der Waals surface area (Å²) >= 11 is 0. The highest BCUT2D eigenvalue weighted by Crippen LogP contribution is 2.18. The maximum atomic E-state index is 12.3. The second-order valence-corrected chi connectivity index (χ2v) is 10.9. The molecule has 8 heteroatoms. The van der Waals surface area contributed by atoms with Crippen LogP contribution in [0.1, 0.15) is 117 Å². The molecule has 0 unspecified atom stereocenters. The van der Waals surface area contributed by atoms with E-state index in [0.717, 1.165) is 77.0 Å². The Hall–Kier alpha value is -3.68. The number of benzene rings is 2. The number of unbranched alkanes of at least 4 members (excludes halogenated alkanes) is 9. The van der Waals surface area contributed by atoms with Gasteiger partial charge in [-0.3, -0.25) is 19.2 Å². The van der Waals surface area contributed by atoms with Crippen LogP contribution in [-0.2, 0) is 19.2 Å². The molecule has 0 aliphatic heterocycles. The van der Waals surface area contributed by atoms with Crippen molar-refractivity contribution in [2.24, 2.45) is 0 Å². The number of hydrogen-bond acceptors (Lipinski definition) is 4. The third kappa shape index (κ3) is 15.9. The first-order chi connectivity index (χ1) is 20.4. The molecule has 0 fully saturated rings. The fourth-order valence-electron chi connectivity index (χ4n) is 4.59. The van der Waals surface area contributed by atoms with Gasteiger partial charge in [0.2, 0.25) is 23.6 Å². The minimum absolute atomic E-state index is 0.00238. The maximum Gasteiger partial charge on any atom is 0.224 e. The van der Waals surface area contributed by atoms with Crippen molar-refractivity contribution in [3.63, 3.8) is 0 Å². The highest BCUT2D eigenvalue weighted by Gasteiger charge is 2.07. The summed E-state index contributed by atoms with van der Waals surface area (Å²) in [6.45, 7) is 4.22. The summed E-state index contributed by atoms with van der Waals surface area (Å²) in [5.41, 5.74) is 2.75. The summed E-state index contributed by atoms with van der Waals surface area (Å²) < 4.78 is 0. The minimum Gasteiger partial charge on any atom is -0.326 e. The van der Waals surface area contributed by atoms with Crippen molar-refractivity contribution in [2.75, 3.05) is 21.3 Å². The SMILES string of the molecule is CCCCCC(=O)Nc1cccc(NC(=O)CCCCCCCCC(=O)Nc2cccc(NC(=O)CCCCC)c2)c1. The Labute approximate surface area is 251 Å². The van der Waals surface area contributed by atoms with Gasteiger partial charge in [0.1, 0.15) is 0 Å². The van der Waals surface area contributed by atoms with E-state index >= 15 is 0 Å². The molecule has 0 radical (unpaired) electrons. The van der Waals surface area contributed by atoms with Crippen LogP contribution in [0.3, 0.4) is 0 Å². The zero-order valence-electron chi connectivity index (χ0n) is 25.6. The van der Waals surface area contributed by atoms with Gasteiger partial charge in [-0.1, -0.05) is 77.3 Å². The maximum absolute atomic E-state index is 12.3. The molecule has 230 valence electrons. The molecule has 0 aliphatic rings. The molecule has 42 heavy (non-hydrogen) atoms. The lowest BCUT2D eigenvalue weighted by atomic mass is 10.1. The van der Waals surface area contributed by atoms with E-state index in [1.807, 2.05) is 36.4 Å². The lowest BCUT2D eigenvalue weighted by molar-refractivity contribution is -0.117. The van der Waals surface area contributed by atoms with Gasteiger partial charge in [0.05, 0.1) is 0 Å². The van der Waals surface area contributed by atoms with Gasteiger partial charge in [-0.15, -0.1) is 0 Å². The lowest BCUT2D eigenvalue weighted by Crippen LogP contribution is -2.13. The molecule has 0 spiro atoms. The fourth-order valence-corrected chi connectivity index (χ4v) is 4.59. The molecular weight excluding hydrogens is 528 g/mol. The molecule has 2 aromatic carbocycles. The Bertz CT molecular complexity index is 1030. The molecule has 0 bridgehead atoms. The molecule has 2 rings (SSSR count). The van der Waals surface area contributed by atoms with Crippen molar-refractivity contribution in [3.05, 3.63) is 48.5 Å². The van der Waals surface area contributed by atoms with Crippen molar-refractivity contribution in [3.8, 4) is 0 Å². The number of carbonyl (C=O) groups excluding carboxylic acids is 4. The Morgan fingerprint density at radius 1 is 0.429 bits per heavy atom. The first-order valence-electron chi connectivity index (χ1n) is 15.8. The van der Waals surface area contributed by atoms with E-state index in [2.05, 4.69) is 35.1 Å². The summed E-state index contributed by atoms with van der Waals surface area (Å²) in [5, 5.41) is 11.6. The second-order valence-electron chi connectivity index (χ2n) is 10.9. The van der Waals surface area contributed by atoms with Crippen molar-refractivity contribution >= 4 is 46.4 Å². The van der Waals surface area contributed by atoms with Crippen molar-refractivity contribution < 1.29 is 19.2 Å². The van der Waals surface area contributed by atoms with Crippen LogP contribution in [0, 0.1) is 0 Å². The molecule has 0 saturated heterocycles. The molecule has 2 aromatic rings. The average molecular weight is 579 g/mol. The first kappa shape index (κ1) is 34.5. The van der Waals surface area contributed by atoms with Crippen LogP contribution >= 0.6 is 0 Å². The Morgan fingerprint density at radius 2 is 0.690 bits per heavy atom. The molecule has 0 atom stereocenters. The molecule has 4 N–H and O–H groups in total. The van der Waals surface area contributed by atoms with Crippen LogP contribution in [0.15, 0.2) is 48.5 Å². The van der Waals surface area contributed by atoms with Gasteiger partial charge in [0.15, 0.2) is 0 Å². The van der Waals surface area contributed by atoms with Gasteiger partial charge in [-0.05, 0) is 62.1 Å². The highest BCUT2D eigenvalue weighted by molar-refractivity contribution is 5.95. The van der Waals surface area contributed by atoms with Crippen LogP contribution < -0.4 is 21.3 Å². The summed E-state index contributed by atoms with van der Waals surface area (Å²) in [6, 6.07) is 14.5. The molecule has 0 saturated carbocycles. The van der Waals surface area contributed by atoms with E-state index in [4.69, 9.17) is 0 Å². The lowest BCUT2D eigenvalue weighted by Gasteiger charge is -2.09. The van der Waals surface area contributed by atoms with E-state index in [9.17, 15) is 19.2 Å². The summed E-state index contributed by atoms with van der Waals surface area (Å²) in [7, 11) is 0. The zero-order chi connectivity index (χ0) is 30.4. The van der Waals surface area contributed by atoms with Crippen LogP contribution in [0.2, 0.25) is 0 Å². The zero-order valence-corrected chi connectivity index (χ0v) is 25.6. The number of carbonyl (C=O) groups is 4. The largest absolute Gasteiger partial charge is 0.326 e. The molecule has 0 aromatic heterocycles. The number of nitrogens with one attached hydrogen (secondary N) is 4. The number of hydrogen-bond donors (Lipinski definition) is 4. The summed E-state index contributed by atoms with van der Waals surface area (Å²) in [6.07, 6.45) is 13.5. The number of rotatable bonds is 21. The monoisotopic (exact) mass is 578 g/mol. The molecular formula is C34H50N4O4. The highest BCUT2D eigenvalue weighted by atomic mass is 16.2. The average Bonchev–Trinajstić information content (AvgIpc) is 2.95. The van der Waals surface area contributed by atoms with E-state index in [1.54, 1.807) is 12.1 Å². The quantitative estimate of drug-likeness (QED) is 0.111. The molecule has 0 heterocycles. The van der Waals surface area contributed by atoms with Gasteiger partial charge in [0.25, 0.3) is 0 Å². The van der Waals surface area contributed by atoms with Crippen molar-refractivity contribution in [2.45, 2.75) is 117 Å². The predicted molar refractivity (Wildman–Crippen MR) is 173 cm³/mol. The predicted octanol–water partition coefficient (Wildman–Crippen LogP) is 8.42. The number of anilines is 4. The molecule has 4 amide bonds. The third-order valence-electron chi connectivity index (χ3n) is 6.93. The van der Waals surface area contributed by atoms with Crippen LogP contribution in [0.5, 0.6) is 0 Å². The van der Waals surface area contributed by atoms with E-state index in [0.29, 0.717) is 48.4 Å². The fraction of sp³-hybridized carbons (Fsp3) is 0.529. The van der Waals surface area contributed by atoms with Crippen LogP contribution in [0.25, 0.3) is 0 Å². The Morgan fingerprint density at radius 3 is 0.976 bits per heavy atom. The van der Waals surface area contributed by atoms with Crippen molar-refractivity contribution in [1.29, 1.82) is 0 Å². The first-order valence-corrected chi connectivity index (χ1v) is 15.8. The van der Waals surface area contributed by atoms with Gasteiger partial charge < -0.3 is 21.3 Å². The smallest absolute Gasteiger partial charge is 0.224 e. The van der Waals surface area contributed by atoms with Crippen LogP contribution in [-0.4, -0.2) is 23.6 Å². The van der Waals surface area contributed by atoms with E-state index in [-0.39, 0.29) is 23.6 Å².